The minimum absolute atomic E-state index is 0.668. The van der Waals surface area contributed by atoms with Gasteiger partial charge in [-0.3, -0.25) is 0 Å². The Bertz CT molecular complexity index is 429. The van der Waals surface area contributed by atoms with Crippen LogP contribution in [-0.4, -0.2) is 19.2 Å². The molecule has 2 rings (SSSR count). The Morgan fingerprint density at radius 3 is 2.75 bits per heavy atom. The van der Waals surface area contributed by atoms with Crippen LogP contribution in [-0.2, 0) is 0 Å². The molecule has 20 heavy (non-hydrogen) atoms. The zero-order valence-electron chi connectivity index (χ0n) is 13.4. The highest BCUT2D eigenvalue weighted by atomic mass is 16.5. The Morgan fingerprint density at radius 2 is 2.00 bits per heavy atom. The monoisotopic (exact) mass is 275 g/mol. The Morgan fingerprint density at radius 1 is 1.20 bits per heavy atom. The molecule has 1 aliphatic rings. The van der Waals surface area contributed by atoms with Gasteiger partial charge in [-0.15, -0.1) is 0 Å². The van der Waals surface area contributed by atoms with Crippen LogP contribution in [0.5, 0.6) is 5.75 Å². The standard InChI is InChI=1S/C18H29NO/c1-13-8-9-18(15(3)12-13)20-11-10-19-17-7-5-6-14(2)16(17)4/h8-9,12,14,16-17,19H,5-7,10-11H2,1-4H3. The van der Waals surface area contributed by atoms with E-state index in [1.54, 1.807) is 0 Å². The van der Waals surface area contributed by atoms with Crippen LogP contribution in [0, 0.1) is 25.7 Å². The molecule has 0 saturated heterocycles. The van der Waals surface area contributed by atoms with Crippen molar-refractivity contribution in [1.82, 2.24) is 5.32 Å². The van der Waals surface area contributed by atoms with Crippen molar-refractivity contribution in [3.63, 3.8) is 0 Å². The average Bonchev–Trinajstić information content (AvgIpc) is 2.41. The second-order valence-electron chi connectivity index (χ2n) is 6.45. The summed E-state index contributed by atoms with van der Waals surface area (Å²) in [6.07, 6.45) is 4.06. The number of nitrogens with one attached hydrogen (secondary N) is 1. The maximum atomic E-state index is 5.88. The van der Waals surface area contributed by atoms with Gasteiger partial charge in [-0.25, -0.2) is 0 Å². The first kappa shape index (κ1) is 15.4. The summed E-state index contributed by atoms with van der Waals surface area (Å²) in [4.78, 5) is 0. The normalized spacial score (nSPS) is 26.5. The second kappa shape index (κ2) is 7.12. The highest BCUT2D eigenvalue weighted by Crippen LogP contribution is 2.29. The molecule has 3 atom stereocenters. The summed E-state index contributed by atoms with van der Waals surface area (Å²) in [6.45, 7) is 10.7. The fourth-order valence-electron chi connectivity index (χ4n) is 3.24. The van der Waals surface area contributed by atoms with Gasteiger partial charge in [0.2, 0.25) is 0 Å². The molecule has 1 aromatic carbocycles. The molecule has 1 fully saturated rings. The molecular weight excluding hydrogens is 246 g/mol. The zero-order chi connectivity index (χ0) is 14.5. The molecule has 0 radical (unpaired) electrons. The second-order valence-corrected chi connectivity index (χ2v) is 6.45. The molecule has 1 saturated carbocycles. The lowest BCUT2D eigenvalue weighted by molar-refractivity contribution is 0.197. The average molecular weight is 275 g/mol. The van der Waals surface area contributed by atoms with Crippen molar-refractivity contribution in [3.05, 3.63) is 29.3 Å². The third-order valence-electron chi connectivity index (χ3n) is 4.80. The Balaban J connectivity index is 1.73. The molecule has 0 aliphatic heterocycles. The molecule has 1 N–H and O–H groups in total. The van der Waals surface area contributed by atoms with Crippen molar-refractivity contribution in [2.45, 2.75) is 53.0 Å². The summed E-state index contributed by atoms with van der Waals surface area (Å²) in [6, 6.07) is 7.03. The van der Waals surface area contributed by atoms with Crippen LogP contribution in [0.25, 0.3) is 0 Å². The summed E-state index contributed by atoms with van der Waals surface area (Å²) in [5.41, 5.74) is 2.52. The molecule has 0 spiro atoms. The van der Waals surface area contributed by atoms with Crippen molar-refractivity contribution in [3.8, 4) is 5.75 Å². The predicted octanol–water partition coefficient (Wildman–Crippen LogP) is 4.10. The van der Waals surface area contributed by atoms with E-state index in [1.165, 1.54) is 30.4 Å². The van der Waals surface area contributed by atoms with Gasteiger partial charge >= 0.3 is 0 Å². The molecular formula is C18H29NO. The number of ether oxygens (including phenoxy) is 1. The van der Waals surface area contributed by atoms with Crippen LogP contribution in [0.2, 0.25) is 0 Å². The van der Waals surface area contributed by atoms with E-state index in [0.717, 1.165) is 30.7 Å². The van der Waals surface area contributed by atoms with Gasteiger partial charge in [-0.1, -0.05) is 44.4 Å². The molecule has 0 aromatic heterocycles. The summed E-state index contributed by atoms with van der Waals surface area (Å²) in [5.74, 6) is 2.65. The molecule has 2 heteroatoms. The topological polar surface area (TPSA) is 21.3 Å². The summed E-state index contributed by atoms with van der Waals surface area (Å²) in [7, 11) is 0. The van der Waals surface area contributed by atoms with Crippen LogP contribution in [0.3, 0.4) is 0 Å². The number of hydrogen-bond donors (Lipinski definition) is 1. The minimum Gasteiger partial charge on any atom is -0.492 e. The van der Waals surface area contributed by atoms with E-state index in [1.807, 2.05) is 0 Å². The Labute approximate surface area is 123 Å². The maximum absolute atomic E-state index is 5.88. The molecule has 0 heterocycles. The molecule has 1 aliphatic carbocycles. The first-order chi connectivity index (χ1) is 9.58. The van der Waals surface area contributed by atoms with Crippen LogP contribution in [0.15, 0.2) is 18.2 Å². The van der Waals surface area contributed by atoms with Crippen LogP contribution in [0.4, 0.5) is 0 Å². The minimum atomic E-state index is 0.668. The van der Waals surface area contributed by atoms with Crippen LogP contribution in [0.1, 0.15) is 44.2 Å². The quantitative estimate of drug-likeness (QED) is 0.817. The van der Waals surface area contributed by atoms with Crippen molar-refractivity contribution < 1.29 is 4.74 Å². The van der Waals surface area contributed by atoms with Crippen molar-refractivity contribution in [2.75, 3.05) is 13.2 Å². The van der Waals surface area contributed by atoms with Gasteiger partial charge < -0.3 is 10.1 Å². The van der Waals surface area contributed by atoms with Crippen LogP contribution < -0.4 is 10.1 Å². The summed E-state index contributed by atoms with van der Waals surface area (Å²) >= 11 is 0. The Kier molecular flexibility index (Phi) is 5.47. The van der Waals surface area contributed by atoms with E-state index in [9.17, 15) is 0 Å². The molecule has 1 aromatic rings. The van der Waals surface area contributed by atoms with Crippen molar-refractivity contribution in [1.29, 1.82) is 0 Å². The van der Waals surface area contributed by atoms with E-state index in [4.69, 9.17) is 4.74 Å². The van der Waals surface area contributed by atoms with E-state index in [-0.39, 0.29) is 0 Å². The van der Waals surface area contributed by atoms with E-state index in [2.05, 4.69) is 51.2 Å². The lowest BCUT2D eigenvalue weighted by atomic mass is 9.78. The van der Waals surface area contributed by atoms with Crippen LogP contribution >= 0.6 is 0 Å². The first-order valence-electron chi connectivity index (χ1n) is 8.01. The SMILES string of the molecule is Cc1ccc(OCCNC2CCCC(C)C2C)c(C)c1. The molecule has 112 valence electrons. The Hall–Kier alpha value is -1.02. The smallest absolute Gasteiger partial charge is 0.122 e. The third-order valence-corrected chi connectivity index (χ3v) is 4.80. The fourth-order valence-corrected chi connectivity index (χ4v) is 3.24. The fraction of sp³-hybridized carbons (Fsp3) is 0.667. The number of rotatable bonds is 5. The number of benzene rings is 1. The molecule has 3 unspecified atom stereocenters. The highest BCUT2D eigenvalue weighted by molar-refractivity contribution is 5.35. The summed E-state index contributed by atoms with van der Waals surface area (Å²) < 4.78 is 5.88. The van der Waals surface area contributed by atoms with E-state index in [0.29, 0.717) is 6.04 Å². The molecule has 0 bridgehead atoms. The maximum Gasteiger partial charge on any atom is 0.122 e. The van der Waals surface area contributed by atoms with Gasteiger partial charge in [0.05, 0.1) is 0 Å². The lowest BCUT2D eigenvalue weighted by Crippen LogP contribution is -2.42. The lowest BCUT2D eigenvalue weighted by Gasteiger charge is -2.34. The van der Waals surface area contributed by atoms with Gasteiger partial charge in [0.25, 0.3) is 0 Å². The first-order valence-corrected chi connectivity index (χ1v) is 8.01. The van der Waals surface area contributed by atoms with Gasteiger partial charge in [-0.05, 0) is 43.7 Å². The number of hydrogen-bond acceptors (Lipinski definition) is 2. The van der Waals surface area contributed by atoms with Gasteiger partial charge in [0.15, 0.2) is 0 Å². The number of aryl methyl sites for hydroxylation is 2. The van der Waals surface area contributed by atoms with Gasteiger partial charge in [0, 0.05) is 12.6 Å². The third kappa shape index (κ3) is 3.99. The zero-order valence-corrected chi connectivity index (χ0v) is 13.4. The largest absolute Gasteiger partial charge is 0.492 e. The molecule has 2 nitrogen and oxygen atoms in total. The summed E-state index contributed by atoms with van der Waals surface area (Å²) in [5, 5.41) is 3.68. The predicted molar refractivity (Wildman–Crippen MR) is 85.4 cm³/mol. The van der Waals surface area contributed by atoms with Crippen molar-refractivity contribution >= 4 is 0 Å². The van der Waals surface area contributed by atoms with E-state index >= 15 is 0 Å². The highest BCUT2D eigenvalue weighted by Gasteiger charge is 2.26. The van der Waals surface area contributed by atoms with E-state index < -0.39 is 0 Å². The van der Waals surface area contributed by atoms with Crippen molar-refractivity contribution in [2.24, 2.45) is 11.8 Å². The molecule has 0 amide bonds. The van der Waals surface area contributed by atoms with Gasteiger partial charge in [-0.2, -0.15) is 0 Å². The van der Waals surface area contributed by atoms with Gasteiger partial charge in [0.1, 0.15) is 12.4 Å².